The second-order valence-electron chi connectivity index (χ2n) is 4.52. The van der Waals surface area contributed by atoms with E-state index in [1.54, 1.807) is 0 Å². The van der Waals surface area contributed by atoms with E-state index >= 15 is 0 Å². The molecule has 0 saturated carbocycles. The zero-order valence-corrected chi connectivity index (χ0v) is 12.9. The van der Waals surface area contributed by atoms with Gasteiger partial charge in [-0.05, 0) is 23.8 Å². The van der Waals surface area contributed by atoms with Crippen molar-refractivity contribution in [2.45, 2.75) is 0 Å². The highest BCUT2D eigenvalue weighted by Gasteiger charge is 2.17. The highest BCUT2D eigenvalue weighted by Crippen LogP contribution is 2.31. The van der Waals surface area contributed by atoms with Crippen molar-refractivity contribution in [3.8, 4) is 0 Å². The molecule has 0 heterocycles. The molecule has 0 bridgehead atoms. The van der Waals surface area contributed by atoms with E-state index in [-0.39, 0.29) is 0 Å². The molecule has 95 valence electrons. The monoisotopic (exact) mass is 289 g/mol. The minimum atomic E-state index is -0.515. The number of rotatable bonds is 3. The van der Waals surface area contributed by atoms with Gasteiger partial charge in [-0.1, -0.05) is 90.1 Å². The van der Waals surface area contributed by atoms with Gasteiger partial charge >= 0.3 is 0 Å². The van der Waals surface area contributed by atoms with Gasteiger partial charge < -0.3 is 0 Å². The lowest BCUT2D eigenvalue weighted by molar-refractivity contribution is 1.75. The lowest BCUT2D eigenvalue weighted by Gasteiger charge is -2.21. The highest BCUT2D eigenvalue weighted by atomic mass is 31.1. The third kappa shape index (κ3) is 2.75. The van der Waals surface area contributed by atoms with Crippen molar-refractivity contribution in [3.05, 3.63) is 84.9 Å². The van der Waals surface area contributed by atoms with Crippen LogP contribution in [0.2, 0.25) is 0 Å². The largest absolute Gasteiger partial charge is 0.0721 e. The van der Waals surface area contributed by atoms with Gasteiger partial charge in [0, 0.05) is 0 Å². The van der Waals surface area contributed by atoms with E-state index in [0.29, 0.717) is 0 Å². The molecule has 3 rings (SSSR count). The molecule has 0 nitrogen and oxygen atoms in total. The Balaban J connectivity index is 2.17. The summed E-state index contributed by atoms with van der Waals surface area (Å²) in [6, 6.07) is 30.0. The molecule has 0 atom stereocenters. The molecule has 20 heavy (non-hydrogen) atoms. The molecule has 0 fully saturated rings. The van der Waals surface area contributed by atoms with Gasteiger partial charge in [0.1, 0.15) is 0 Å². The first-order valence-electron chi connectivity index (χ1n) is 6.57. The smallest absolute Gasteiger partial charge is 0.0632 e. The maximum absolute atomic E-state index is 3.76. The average Bonchev–Trinajstić information content (AvgIpc) is 2.52. The summed E-state index contributed by atoms with van der Waals surface area (Å²) in [6.07, 6.45) is 0. The van der Waals surface area contributed by atoms with Crippen LogP contribution in [0.1, 0.15) is 0 Å². The molecule has 0 spiro atoms. The second kappa shape index (κ2) is 6.17. The Labute approximate surface area is 124 Å². The summed E-state index contributed by atoms with van der Waals surface area (Å²) in [5.41, 5.74) is 0. The van der Waals surface area contributed by atoms with Crippen molar-refractivity contribution >= 4 is 39.3 Å². The van der Waals surface area contributed by atoms with Crippen LogP contribution in [0.3, 0.4) is 0 Å². The topological polar surface area (TPSA) is 0 Å². The normalized spacial score (nSPS) is 10.7. The Bertz CT molecular complexity index is 641. The molecule has 2 heteroatoms. The van der Waals surface area contributed by atoms with Gasteiger partial charge in [-0.15, -0.1) is 0 Å². The Morgan fingerprint density at radius 2 is 1.00 bits per heavy atom. The molecular formula is C18H14PSi. The molecule has 0 amide bonds. The first-order chi connectivity index (χ1) is 9.86. The lowest BCUT2D eigenvalue weighted by Crippen LogP contribution is -2.31. The summed E-state index contributed by atoms with van der Waals surface area (Å²) in [4.78, 5) is 0. The number of hydrogen-bond donors (Lipinski definition) is 0. The predicted molar refractivity (Wildman–Crippen MR) is 90.5 cm³/mol. The van der Waals surface area contributed by atoms with Crippen molar-refractivity contribution in [1.29, 1.82) is 0 Å². The minimum Gasteiger partial charge on any atom is -0.0632 e. The zero-order chi connectivity index (χ0) is 13.8. The third-order valence-electron chi connectivity index (χ3n) is 3.17. The van der Waals surface area contributed by atoms with E-state index in [1.165, 1.54) is 21.1 Å². The van der Waals surface area contributed by atoms with E-state index in [9.17, 15) is 0 Å². The molecule has 0 unspecified atom stereocenters. The molecule has 0 aromatic heterocycles. The van der Waals surface area contributed by atoms with Crippen LogP contribution >= 0.6 is 7.92 Å². The van der Waals surface area contributed by atoms with Crippen LogP contribution in [-0.4, -0.2) is 10.2 Å². The van der Waals surface area contributed by atoms with E-state index in [0.717, 1.165) is 0 Å². The van der Waals surface area contributed by atoms with Crippen LogP contribution in [0.4, 0.5) is 0 Å². The Morgan fingerprint density at radius 3 is 1.50 bits per heavy atom. The average molecular weight is 289 g/mol. The van der Waals surface area contributed by atoms with Gasteiger partial charge in [0.25, 0.3) is 0 Å². The van der Waals surface area contributed by atoms with Crippen LogP contribution < -0.4 is 21.1 Å². The minimum absolute atomic E-state index is 0.515. The predicted octanol–water partition coefficient (Wildman–Crippen LogP) is 2.24. The standard InChI is InChI=1S/C18H14PSi/c20-18-14-8-7-13-17(18)19(15-9-3-1-4-10-15)16-11-5-2-6-12-16/h1-14H. The van der Waals surface area contributed by atoms with Crippen molar-refractivity contribution in [3.63, 3.8) is 0 Å². The van der Waals surface area contributed by atoms with E-state index < -0.39 is 7.92 Å². The summed E-state index contributed by atoms with van der Waals surface area (Å²) in [6.45, 7) is 0. The first kappa shape index (κ1) is 13.3. The van der Waals surface area contributed by atoms with Gasteiger partial charge in [-0.25, -0.2) is 0 Å². The molecule has 0 aliphatic rings. The fourth-order valence-corrected chi connectivity index (χ4v) is 5.11. The second-order valence-corrected chi connectivity index (χ2v) is 7.25. The summed E-state index contributed by atoms with van der Waals surface area (Å²) < 4.78 is 0. The highest BCUT2D eigenvalue weighted by molar-refractivity contribution is 7.80. The molecule has 3 aromatic rings. The first-order valence-corrected chi connectivity index (χ1v) is 8.41. The van der Waals surface area contributed by atoms with E-state index in [1.807, 2.05) is 0 Å². The lowest BCUT2D eigenvalue weighted by atomic mass is 10.3. The number of hydrogen-bond acceptors (Lipinski definition) is 0. The zero-order valence-electron chi connectivity index (χ0n) is 11.0. The van der Waals surface area contributed by atoms with Crippen molar-refractivity contribution in [1.82, 2.24) is 0 Å². The maximum Gasteiger partial charge on any atom is 0.0721 e. The third-order valence-corrected chi connectivity index (χ3v) is 6.32. The molecule has 0 aliphatic carbocycles. The van der Waals surface area contributed by atoms with Crippen LogP contribution in [-0.2, 0) is 0 Å². The Hall–Kier alpha value is -1.69. The fourth-order valence-electron chi connectivity index (χ4n) is 2.25. The van der Waals surface area contributed by atoms with Crippen molar-refractivity contribution in [2.75, 3.05) is 0 Å². The van der Waals surface area contributed by atoms with Crippen LogP contribution in [0, 0.1) is 0 Å². The van der Waals surface area contributed by atoms with Gasteiger partial charge in [0.15, 0.2) is 0 Å². The molecule has 3 aromatic carbocycles. The SMILES string of the molecule is [Si]c1ccccc1P(c1ccccc1)c1ccccc1. The molecule has 0 saturated heterocycles. The molecule has 3 radical (unpaired) electrons. The van der Waals surface area contributed by atoms with Crippen molar-refractivity contribution < 1.29 is 0 Å². The fraction of sp³-hybridized carbons (Fsp3) is 0. The quantitative estimate of drug-likeness (QED) is 0.512. The molecule has 0 N–H and O–H groups in total. The molecular weight excluding hydrogens is 275 g/mol. The summed E-state index contributed by atoms with van der Waals surface area (Å²) in [5, 5.41) is 5.28. The van der Waals surface area contributed by atoms with Crippen LogP contribution in [0.15, 0.2) is 84.9 Å². The van der Waals surface area contributed by atoms with Gasteiger partial charge in [0.05, 0.1) is 10.2 Å². The van der Waals surface area contributed by atoms with Gasteiger partial charge in [-0.2, -0.15) is 0 Å². The molecule has 0 aliphatic heterocycles. The summed E-state index contributed by atoms with van der Waals surface area (Å²) >= 11 is 0. The maximum atomic E-state index is 3.76. The van der Waals surface area contributed by atoms with Gasteiger partial charge in [0.2, 0.25) is 0 Å². The summed E-state index contributed by atoms with van der Waals surface area (Å²) in [5.74, 6) is 0. The van der Waals surface area contributed by atoms with E-state index in [4.69, 9.17) is 0 Å². The van der Waals surface area contributed by atoms with Gasteiger partial charge in [-0.3, -0.25) is 0 Å². The number of benzene rings is 3. The Morgan fingerprint density at radius 1 is 0.550 bits per heavy atom. The van der Waals surface area contributed by atoms with Crippen LogP contribution in [0.25, 0.3) is 0 Å². The van der Waals surface area contributed by atoms with E-state index in [2.05, 4.69) is 95.2 Å². The van der Waals surface area contributed by atoms with Crippen molar-refractivity contribution in [2.24, 2.45) is 0 Å². The van der Waals surface area contributed by atoms with Crippen LogP contribution in [0.5, 0.6) is 0 Å². The Kier molecular flexibility index (Phi) is 4.10. The summed E-state index contributed by atoms with van der Waals surface area (Å²) in [7, 11) is 3.25.